The van der Waals surface area contributed by atoms with Gasteiger partial charge in [0, 0.05) is 18.5 Å². The maximum absolute atomic E-state index is 12.0. The molecule has 112 valence electrons. The van der Waals surface area contributed by atoms with E-state index in [9.17, 15) is 9.90 Å². The number of nitrogens with one attached hydrogen (secondary N) is 2. The molecule has 0 saturated heterocycles. The topological polar surface area (TPSA) is 61.4 Å². The lowest BCUT2D eigenvalue weighted by Crippen LogP contribution is -2.48. The van der Waals surface area contributed by atoms with Crippen molar-refractivity contribution in [3.8, 4) is 0 Å². The van der Waals surface area contributed by atoms with Gasteiger partial charge in [-0.2, -0.15) is 0 Å². The van der Waals surface area contributed by atoms with E-state index in [0.717, 1.165) is 19.3 Å². The van der Waals surface area contributed by atoms with Crippen LogP contribution in [0.4, 0.5) is 0 Å². The Morgan fingerprint density at radius 2 is 1.89 bits per heavy atom. The highest BCUT2D eigenvalue weighted by Gasteiger charge is 2.32. The molecule has 0 aromatic heterocycles. The summed E-state index contributed by atoms with van der Waals surface area (Å²) in [6, 6.07) is 0. The molecule has 0 bridgehead atoms. The Morgan fingerprint density at radius 3 is 2.42 bits per heavy atom. The summed E-state index contributed by atoms with van der Waals surface area (Å²) in [5.74, 6) is 0.507. The minimum absolute atomic E-state index is 0.0225. The van der Waals surface area contributed by atoms with E-state index in [1.54, 1.807) is 0 Å². The van der Waals surface area contributed by atoms with Gasteiger partial charge in [-0.1, -0.05) is 33.1 Å². The number of aliphatic hydroxyl groups is 1. The predicted molar refractivity (Wildman–Crippen MR) is 78.0 cm³/mol. The highest BCUT2D eigenvalue weighted by atomic mass is 16.3. The smallest absolute Gasteiger partial charge is 0.221 e. The average Bonchev–Trinajstić information content (AvgIpc) is 2.37. The molecule has 1 amide bonds. The highest BCUT2D eigenvalue weighted by Crippen LogP contribution is 2.30. The summed E-state index contributed by atoms with van der Waals surface area (Å²) in [5, 5.41) is 16.0. The van der Waals surface area contributed by atoms with Crippen LogP contribution in [0.15, 0.2) is 0 Å². The minimum Gasteiger partial charge on any atom is -0.391 e. The van der Waals surface area contributed by atoms with Crippen LogP contribution in [0.1, 0.15) is 58.8 Å². The largest absolute Gasteiger partial charge is 0.391 e. The monoisotopic (exact) mass is 270 g/mol. The van der Waals surface area contributed by atoms with E-state index in [2.05, 4.69) is 24.5 Å². The third kappa shape index (κ3) is 5.91. The molecular formula is C15H30N2O2. The summed E-state index contributed by atoms with van der Waals surface area (Å²) in [4.78, 5) is 12.0. The molecule has 0 radical (unpaired) electrons. The summed E-state index contributed by atoms with van der Waals surface area (Å²) >= 11 is 0. The zero-order valence-corrected chi connectivity index (χ0v) is 12.7. The van der Waals surface area contributed by atoms with Gasteiger partial charge in [-0.15, -0.1) is 0 Å². The van der Waals surface area contributed by atoms with Gasteiger partial charge in [0.2, 0.25) is 5.91 Å². The van der Waals surface area contributed by atoms with Gasteiger partial charge in [-0.25, -0.2) is 0 Å². The van der Waals surface area contributed by atoms with Crippen LogP contribution < -0.4 is 10.6 Å². The molecule has 0 aromatic rings. The van der Waals surface area contributed by atoms with E-state index >= 15 is 0 Å². The lowest BCUT2D eigenvalue weighted by molar-refractivity contribution is -0.123. The van der Waals surface area contributed by atoms with E-state index < -0.39 is 6.10 Å². The van der Waals surface area contributed by atoms with Crippen LogP contribution in [0.25, 0.3) is 0 Å². The van der Waals surface area contributed by atoms with Gasteiger partial charge in [0.1, 0.15) is 0 Å². The second-order valence-electron chi connectivity index (χ2n) is 6.36. The Kier molecular flexibility index (Phi) is 6.80. The molecule has 19 heavy (non-hydrogen) atoms. The van der Waals surface area contributed by atoms with E-state index in [1.807, 2.05) is 7.05 Å². The molecule has 1 rings (SSSR count). The molecule has 1 aliphatic rings. The van der Waals surface area contributed by atoms with Crippen molar-refractivity contribution in [2.24, 2.45) is 5.92 Å². The Balaban J connectivity index is 2.33. The fourth-order valence-corrected chi connectivity index (χ4v) is 2.97. The second kappa shape index (κ2) is 7.85. The zero-order valence-electron chi connectivity index (χ0n) is 12.7. The van der Waals surface area contributed by atoms with Gasteiger partial charge in [0.25, 0.3) is 0 Å². The first kappa shape index (κ1) is 16.4. The SMILES string of the molecule is CNC1(CC(=O)NCC(O)CC(C)C)CCCCC1. The number of amides is 1. The molecule has 0 heterocycles. The molecular weight excluding hydrogens is 240 g/mol. The Bertz CT molecular complexity index is 273. The van der Waals surface area contributed by atoms with E-state index in [-0.39, 0.29) is 11.4 Å². The lowest BCUT2D eigenvalue weighted by Gasteiger charge is -2.36. The van der Waals surface area contributed by atoms with Gasteiger partial charge in [-0.3, -0.25) is 4.79 Å². The van der Waals surface area contributed by atoms with Crippen molar-refractivity contribution in [3.63, 3.8) is 0 Å². The van der Waals surface area contributed by atoms with Crippen molar-refractivity contribution < 1.29 is 9.90 Å². The first-order valence-electron chi connectivity index (χ1n) is 7.61. The molecule has 1 saturated carbocycles. The van der Waals surface area contributed by atoms with Crippen molar-refractivity contribution in [1.82, 2.24) is 10.6 Å². The molecule has 0 aliphatic heterocycles. The van der Waals surface area contributed by atoms with Crippen molar-refractivity contribution in [3.05, 3.63) is 0 Å². The van der Waals surface area contributed by atoms with E-state index in [0.29, 0.717) is 18.9 Å². The van der Waals surface area contributed by atoms with Gasteiger partial charge < -0.3 is 15.7 Å². The first-order valence-corrected chi connectivity index (χ1v) is 7.61. The summed E-state index contributed by atoms with van der Waals surface area (Å²) < 4.78 is 0. The Morgan fingerprint density at radius 1 is 1.26 bits per heavy atom. The van der Waals surface area contributed by atoms with E-state index in [4.69, 9.17) is 0 Å². The lowest BCUT2D eigenvalue weighted by atomic mass is 9.79. The molecule has 4 nitrogen and oxygen atoms in total. The number of carbonyl (C=O) groups is 1. The maximum atomic E-state index is 12.0. The molecule has 3 N–H and O–H groups in total. The van der Waals surface area contributed by atoms with Crippen LogP contribution in [-0.2, 0) is 4.79 Å². The molecule has 1 aliphatic carbocycles. The number of rotatable bonds is 7. The fraction of sp³-hybridized carbons (Fsp3) is 0.933. The van der Waals surface area contributed by atoms with Crippen molar-refractivity contribution in [2.75, 3.05) is 13.6 Å². The van der Waals surface area contributed by atoms with Crippen LogP contribution in [0.3, 0.4) is 0 Å². The van der Waals surface area contributed by atoms with Crippen LogP contribution in [-0.4, -0.2) is 36.2 Å². The molecule has 1 fully saturated rings. The summed E-state index contributed by atoms with van der Waals surface area (Å²) in [6.07, 6.45) is 6.65. The first-order chi connectivity index (χ1) is 8.97. The van der Waals surface area contributed by atoms with Crippen LogP contribution in [0.2, 0.25) is 0 Å². The molecule has 0 spiro atoms. The molecule has 0 aromatic carbocycles. The standard InChI is InChI=1S/C15H30N2O2/c1-12(2)9-13(18)11-17-14(19)10-15(16-3)7-5-4-6-8-15/h12-13,16,18H,4-11H2,1-3H3,(H,17,19). The number of carbonyl (C=O) groups excluding carboxylic acids is 1. The van der Waals surface area contributed by atoms with Crippen molar-refractivity contribution in [1.29, 1.82) is 0 Å². The van der Waals surface area contributed by atoms with Crippen LogP contribution >= 0.6 is 0 Å². The fourth-order valence-electron chi connectivity index (χ4n) is 2.97. The van der Waals surface area contributed by atoms with E-state index in [1.165, 1.54) is 19.3 Å². The van der Waals surface area contributed by atoms with Crippen molar-refractivity contribution >= 4 is 5.91 Å². The number of hydrogen-bond donors (Lipinski definition) is 3. The van der Waals surface area contributed by atoms with Gasteiger partial charge in [-0.05, 0) is 32.2 Å². The normalized spacial score (nSPS) is 20.3. The van der Waals surface area contributed by atoms with Crippen LogP contribution in [0, 0.1) is 5.92 Å². The summed E-state index contributed by atoms with van der Waals surface area (Å²) in [5.41, 5.74) is -0.0225. The van der Waals surface area contributed by atoms with Crippen molar-refractivity contribution in [2.45, 2.75) is 70.4 Å². The summed E-state index contributed by atoms with van der Waals surface area (Å²) in [7, 11) is 1.95. The third-order valence-electron chi connectivity index (χ3n) is 4.12. The zero-order chi connectivity index (χ0) is 14.3. The van der Waals surface area contributed by atoms with Gasteiger partial charge in [0.05, 0.1) is 6.10 Å². The molecule has 1 atom stereocenters. The Hall–Kier alpha value is -0.610. The molecule has 4 heteroatoms. The average molecular weight is 270 g/mol. The second-order valence-corrected chi connectivity index (χ2v) is 6.36. The Labute approximate surface area is 117 Å². The third-order valence-corrected chi connectivity index (χ3v) is 4.12. The minimum atomic E-state index is -0.430. The molecule has 1 unspecified atom stereocenters. The summed E-state index contributed by atoms with van der Waals surface area (Å²) in [6.45, 7) is 4.52. The maximum Gasteiger partial charge on any atom is 0.221 e. The van der Waals surface area contributed by atoms with Gasteiger partial charge >= 0.3 is 0 Å². The quantitative estimate of drug-likeness (QED) is 0.661. The van der Waals surface area contributed by atoms with Crippen LogP contribution in [0.5, 0.6) is 0 Å². The predicted octanol–water partition coefficient (Wildman–Crippen LogP) is 1.82. The number of hydrogen-bond acceptors (Lipinski definition) is 3. The highest BCUT2D eigenvalue weighted by molar-refractivity contribution is 5.77. The van der Waals surface area contributed by atoms with Gasteiger partial charge in [0.15, 0.2) is 0 Å². The number of aliphatic hydroxyl groups excluding tert-OH is 1.